The molecule has 2 heterocycles. The number of rotatable bonds is 4. The van der Waals surface area contributed by atoms with Crippen molar-refractivity contribution in [1.29, 1.82) is 0 Å². The van der Waals surface area contributed by atoms with Crippen LogP contribution in [0.2, 0.25) is 0 Å². The fourth-order valence-corrected chi connectivity index (χ4v) is 3.10. The molecule has 0 aliphatic heterocycles. The highest BCUT2D eigenvalue weighted by Gasteiger charge is 2.16. The first-order valence-electron chi connectivity index (χ1n) is 5.91. The van der Waals surface area contributed by atoms with Crippen LogP contribution < -0.4 is 4.90 Å². The van der Waals surface area contributed by atoms with Crippen LogP contribution in [0.25, 0.3) is 0 Å². The molecule has 0 aliphatic carbocycles. The predicted octanol–water partition coefficient (Wildman–Crippen LogP) is 4.54. The van der Waals surface area contributed by atoms with Gasteiger partial charge in [-0.3, -0.25) is 0 Å². The molecule has 4 heteroatoms. The summed E-state index contributed by atoms with van der Waals surface area (Å²) in [7, 11) is 2.10. The van der Waals surface area contributed by atoms with Crippen molar-refractivity contribution >= 4 is 33.1 Å². The van der Waals surface area contributed by atoms with Crippen LogP contribution in [0.1, 0.15) is 29.0 Å². The van der Waals surface area contributed by atoms with Crippen LogP contribution in [0.3, 0.4) is 0 Å². The molecule has 0 N–H and O–H groups in total. The van der Waals surface area contributed by atoms with E-state index in [1.54, 1.807) is 11.3 Å². The molecule has 2 aromatic rings. The van der Waals surface area contributed by atoms with Crippen molar-refractivity contribution in [2.75, 3.05) is 11.9 Å². The molecule has 0 aliphatic rings. The lowest BCUT2D eigenvalue weighted by molar-refractivity contribution is 0.738. The zero-order valence-electron chi connectivity index (χ0n) is 10.9. The van der Waals surface area contributed by atoms with Crippen molar-refractivity contribution < 1.29 is 0 Å². The first-order valence-corrected chi connectivity index (χ1v) is 7.91. The van der Waals surface area contributed by atoms with Crippen molar-refractivity contribution in [2.24, 2.45) is 0 Å². The van der Waals surface area contributed by atoms with Crippen LogP contribution in [0.5, 0.6) is 0 Å². The summed E-state index contributed by atoms with van der Waals surface area (Å²) in [5.74, 6) is 1.06. The zero-order chi connectivity index (χ0) is 13.1. The molecule has 1 atom stereocenters. The van der Waals surface area contributed by atoms with Gasteiger partial charge in [-0.15, -0.1) is 11.3 Å². The Hall–Kier alpha value is -0.870. The van der Waals surface area contributed by atoms with Crippen molar-refractivity contribution in [3.63, 3.8) is 0 Å². The maximum Gasteiger partial charge on any atom is 0.131 e. The number of thiophene rings is 1. The van der Waals surface area contributed by atoms with Gasteiger partial charge in [-0.05, 0) is 36.4 Å². The first-order chi connectivity index (χ1) is 8.63. The summed E-state index contributed by atoms with van der Waals surface area (Å²) in [5, 5.41) is 2.97. The number of hydrogen-bond acceptors (Lipinski definition) is 3. The number of aryl methyl sites for hydroxylation is 1. The van der Waals surface area contributed by atoms with Crippen LogP contribution in [0.4, 0.5) is 5.82 Å². The van der Waals surface area contributed by atoms with Crippen molar-refractivity contribution in [3.8, 4) is 0 Å². The second kappa shape index (κ2) is 5.85. The minimum absolute atomic E-state index is 0.353. The number of hydrogen-bond donors (Lipinski definition) is 0. The lowest BCUT2D eigenvalue weighted by atomic mass is 10.2. The minimum Gasteiger partial charge on any atom is -0.352 e. The minimum atomic E-state index is 0.353. The van der Waals surface area contributed by atoms with E-state index >= 15 is 0 Å². The number of nitrogens with zero attached hydrogens (tertiary/aromatic N) is 2. The molecule has 0 amide bonds. The molecule has 0 radical (unpaired) electrons. The highest BCUT2D eigenvalue weighted by Crippen LogP contribution is 2.29. The molecule has 2 aromatic heterocycles. The molecule has 2 rings (SSSR count). The Morgan fingerprint density at radius 2 is 2.28 bits per heavy atom. The number of alkyl halides is 1. The van der Waals surface area contributed by atoms with Gasteiger partial charge in [0, 0.05) is 23.5 Å². The smallest absolute Gasteiger partial charge is 0.131 e. The van der Waals surface area contributed by atoms with Gasteiger partial charge in [0.2, 0.25) is 0 Å². The van der Waals surface area contributed by atoms with Gasteiger partial charge in [0.25, 0.3) is 0 Å². The second-order valence-corrected chi connectivity index (χ2v) is 5.96. The molecule has 2 nitrogen and oxygen atoms in total. The molecule has 0 aromatic carbocycles. The molecular formula is C14H17BrN2S. The Balaban J connectivity index is 2.26. The summed E-state index contributed by atoms with van der Waals surface area (Å²) in [6.45, 7) is 4.33. The molecule has 18 heavy (non-hydrogen) atoms. The zero-order valence-corrected chi connectivity index (χ0v) is 13.3. The van der Waals surface area contributed by atoms with Gasteiger partial charge in [-0.1, -0.05) is 28.1 Å². The quantitative estimate of drug-likeness (QED) is 0.767. The summed E-state index contributed by atoms with van der Waals surface area (Å²) >= 11 is 5.25. The van der Waals surface area contributed by atoms with E-state index in [0.29, 0.717) is 6.04 Å². The summed E-state index contributed by atoms with van der Waals surface area (Å²) in [6, 6.07) is 6.81. The third-order valence-electron chi connectivity index (χ3n) is 3.13. The van der Waals surface area contributed by atoms with E-state index in [0.717, 1.165) is 11.1 Å². The molecule has 0 saturated heterocycles. The van der Waals surface area contributed by atoms with E-state index in [1.807, 2.05) is 6.20 Å². The fraction of sp³-hybridized carbons (Fsp3) is 0.357. The van der Waals surface area contributed by atoms with Gasteiger partial charge in [0.15, 0.2) is 0 Å². The van der Waals surface area contributed by atoms with Crippen molar-refractivity contribution in [2.45, 2.75) is 25.2 Å². The molecule has 96 valence electrons. The van der Waals surface area contributed by atoms with Crippen LogP contribution in [-0.4, -0.2) is 12.0 Å². The van der Waals surface area contributed by atoms with Gasteiger partial charge < -0.3 is 4.90 Å². The normalized spacial score (nSPS) is 12.4. The Morgan fingerprint density at radius 3 is 2.83 bits per heavy atom. The molecule has 1 unspecified atom stereocenters. The van der Waals surface area contributed by atoms with Gasteiger partial charge in [-0.2, -0.15) is 0 Å². The van der Waals surface area contributed by atoms with Gasteiger partial charge in [0.1, 0.15) is 5.82 Å². The molecule has 0 bridgehead atoms. The van der Waals surface area contributed by atoms with E-state index in [1.165, 1.54) is 16.0 Å². The monoisotopic (exact) mass is 324 g/mol. The average molecular weight is 325 g/mol. The topological polar surface area (TPSA) is 16.1 Å². The van der Waals surface area contributed by atoms with Crippen LogP contribution in [0.15, 0.2) is 29.8 Å². The van der Waals surface area contributed by atoms with Crippen molar-refractivity contribution in [3.05, 3.63) is 45.8 Å². The predicted molar refractivity (Wildman–Crippen MR) is 82.7 cm³/mol. The highest BCUT2D eigenvalue weighted by molar-refractivity contribution is 9.08. The van der Waals surface area contributed by atoms with Crippen LogP contribution in [-0.2, 0) is 5.33 Å². The maximum absolute atomic E-state index is 4.58. The average Bonchev–Trinajstić information content (AvgIpc) is 2.90. The number of aromatic nitrogens is 1. The number of halogens is 1. The van der Waals surface area contributed by atoms with Crippen LogP contribution in [0, 0.1) is 6.92 Å². The van der Waals surface area contributed by atoms with E-state index < -0.39 is 0 Å². The molecular weight excluding hydrogens is 308 g/mol. The second-order valence-electron chi connectivity index (χ2n) is 4.42. The third-order valence-corrected chi connectivity index (χ3v) is 4.82. The SMILES string of the molecule is Cc1cc(CBr)cnc1N(C)C(C)c1cccs1. The molecule has 0 saturated carbocycles. The Bertz CT molecular complexity index is 511. The highest BCUT2D eigenvalue weighted by atomic mass is 79.9. The lowest BCUT2D eigenvalue weighted by Gasteiger charge is -2.26. The van der Waals surface area contributed by atoms with Gasteiger partial charge in [0.05, 0.1) is 6.04 Å². The summed E-state index contributed by atoms with van der Waals surface area (Å²) in [6.07, 6.45) is 1.94. The van der Waals surface area contributed by atoms with Crippen LogP contribution >= 0.6 is 27.3 Å². The largest absolute Gasteiger partial charge is 0.352 e. The van der Waals surface area contributed by atoms with E-state index in [-0.39, 0.29) is 0 Å². The molecule has 0 spiro atoms. The van der Waals surface area contributed by atoms with E-state index in [2.05, 4.69) is 70.3 Å². The fourth-order valence-electron chi connectivity index (χ4n) is 1.97. The first kappa shape index (κ1) is 13.6. The molecule has 0 fully saturated rings. The Labute approximate surface area is 121 Å². The summed E-state index contributed by atoms with van der Waals surface area (Å²) < 4.78 is 0. The number of pyridine rings is 1. The van der Waals surface area contributed by atoms with Gasteiger partial charge >= 0.3 is 0 Å². The lowest BCUT2D eigenvalue weighted by Crippen LogP contribution is -2.22. The van der Waals surface area contributed by atoms with Gasteiger partial charge in [-0.25, -0.2) is 4.98 Å². The van der Waals surface area contributed by atoms with E-state index in [4.69, 9.17) is 0 Å². The Morgan fingerprint density at radius 1 is 1.50 bits per heavy atom. The standard InChI is InChI=1S/C14H17BrN2S/c1-10-7-12(8-15)9-16-14(10)17(3)11(2)13-5-4-6-18-13/h4-7,9,11H,8H2,1-3H3. The maximum atomic E-state index is 4.58. The summed E-state index contributed by atoms with van der Waals surface area (Å²) in [5.41, 5.74) is 2.44. The van der Waals surface area contributed by atoms with Crippen molar-refractivity contribution in [1.82, 2.24) is 4.98 Å². The van der Waals surface area contributed by atoms with E-state index in [9.17, 15) is 0 Å². The summed E-state index contributed by atoms with van der Waals surface area (Å²) in [4.78, 5) is 8.18. The Kier molecular flexibility index (Phi) is 4.40. The third kappa shape index (κ3) is 2.75. The number of anilines is 1.